The molecule has 1 aromatic heterocycles. The Balaban J connectivity index is 2.18. The van der Waals surface area contributed by atoms with Gasteiger partial charge in [0.05, 0.1) is 6.04 Å². The van der Waals surface area contributed by atoms with Crippen molar-refractivity contribution in [2.75, 3.05) is 11.9 Å². The number of thiophene rings is 1. The highest BCUT2D eigenvalue weighted by Gasteiger charge is 2.20. The number of rotatable bonds is 6. The van der Waals surface area contributed by atoms with Crippen LogP contribution in [0.3, 0.4) is 0 Å². The van der Waals surface area contributed by atoms with Crippen LogP contribution in [0.5, 0.6) is 0 Å². The molecule has 0 aliphatic heterocycles. The molecular formula is C19H25ClN2S2. The van der Waals surface area contributed by atoms with Gasteiger partial charge in [-0.15, -0.1) is 11.3 Å². The van der Waals surface area contributed by atoms with E-state index in [2.05, 4.69) is 55.4 Å². The molecule has 1 heterocycles. The Labute approximate surface area is 159 Å². The maximum Gasteiger partial charge on any atom is 0.173 e. The quantitative estimate of drug-likeness (QED) is 0.574. The molecule has 0 radical (unpaired) electrons. The van der Waals surface area contributed by atoms with E-state index in [0.717, 1.165) is 29.3 Å². The SMILES string of the molecule is Cc1ccc(Cl)cc1NC(=S)N(CCC(C)C)[C@H](C)c1cccs1. The summed E-state index contributed by atoms with van der Waals surface area (Å²) >= 11 is 13.6. The lowest BCUT2D eigenvalue weighted by Gasteiger charge is -2.32. The molecule has 0 aliphatic rings. The van der Waals surface area contributed by atoms with Gasteiger partial charge in [-0.05, 0) is 67.5 Å². The summed E-state index contributed by atoms with van der Waals surface area (Å²) < 4.78 is 0. The second-order valence-corrected chi connectivity index (χ2v) is 8.26. The van der Waals surface area contributed by atoms with E-state index < -0.39 is 0 Å². The van der Waals surface area contributed by atoms with Crippen molar-refractivity contribution in [1.82, 2.24) is 4.90 Å². The molecule has 0 bridgehead atoms. The van der Waals surface area contributed by atoms with Crippen LogP contribution in [0.2, 0.25) is 5.02 Å². The minimum absolute atomic E-state index is 0.253. The molecule has 130 valence electrons. The van der Waals surface area contributed by atoms with E-state index in [9.17, 15) is 0 Å². The van der Waals surface area contributed by atoms with Gasteiger partial charge in [-0.3, -0.25) is 0 Å². The topological polar surface area (TPSA) is 15.3 Å². The maximum atomic E-state index is 6.13. The Morgan fingerprint density at radius 2 is 2.04 bits per heavy atom. The molecule has 2 aromatic rings. The van der Waals surface area contributed by atoms with E-state index >= 15 is 0 Å². The normalized spacial score (nSPS) is 12.2. The number of benzene rings is 1. The predicted molar refractivity (Wildman–Crippen MR) is 111 cm³/mol. The zero-order valence-corrected chi connectivity index (χ0v) is 17.1. The average molecular weight is 381 g/mol. The fraction of sp³-hybridized carbons (Fsp3) is 0.421. The Morgan fingerprint density at radius 1 is 1.29 bits per heavy atom. The van der Waals surface area contributed by atoms with Crippen molar-refractivity contribution in [3.63, 3.8) is 0 Å². The van der Waals surface area contributed by atoms with Crippen LogP contribution in [-0.2, 0) is 0 Å². The third kappa shape index (κ3) is 5.20. The summed E-state index contributed by atoms with van der Waals surface area (Å²) in [4.78, 5) is 3.60. The van der Waals surface area contributed by atoms with Crippen molar-refractivity contribution < 1.29 is 0 Å². The number of nitrogens with zero attached hydrogens (tertiary/aromatic N) is 1. The zero-order chi connectivity index (χ0) is 17.7. The summed E-state index contributed by atoms with van der Waals surface area (Å²) in [6.45, 7) is 9.69. The fourth-order valence-corrected chi connectivity index (χ4v) is 3.79. The first-order chi connectivity index (χ1) is 11.4. The van der Waals surface area contributed by atoms with Crippen molar-refractivity contribution in [2.24, 2.45) is 5.92 Å². The van der Waals surface area contributed by atoms with Crippen molar-refractivity contribution in [1.29, 1.82) is 0 Å². The summed E-state index contributed by atoms with van der Waals surface area (Å²) in [5, 5.41) is 6.98. The van der Waals surface area contributed by atoms with E-state index in [1.54, 1.807) is 11.3 Å². The smallest absolute Gasteiger partial charge is 0.173 e. The van der Waals surface area contributed by atoms with Crippen molar-refractivity contribution >= 4 is 46.0 Å². The lowest BCUT2D eigenvalue weighted by molar-refractivity contribution is 0.322. The molecule has 2 nitrogen and oxygen atoms in total. The highest BCUT2D eigenvalue weighted by Crippen LogP contribution is 2.27. The fourth-order valence-electron chi connectivity index (χ4n) is 2.47. The van der Waals surface area contributed by atoms with Gasteiger partial charge in [0.25, 0.3) is 0 Å². The van der Waals surface area contributed by atoms with E-state index in [4.69, 9.17) is 23.8 Å². The molecule has 0 saturated heterocycles. The molecule has 0 fully saturated rings. The van der Waals surface area contributed by atoms with Crippen molar-refractivity contribution in [2.45, 2.75) is 40.2 Å². The van der Waals surface area contributed by atoms with Crippen molar-refractivity contribution in [3.05, 3.63) is 51.2 Å². The standard InChI is InChI=1S/C19H25ClN2S2/c1-13(2)9-10-22(15(4)18-6-5-11-24-18)19(23)21-17-12-16(20)8-7-14(17)3/h5-8,11-13,15H,9-10H2,1-4H3,(H,21,23)/t15-/m1/s1. The molecule has 0 unspecified atom stereocenters. The van der Waals surface area contributed by atoms with E-state index in [0.29, 0.717) is 10.9 Å². The molecule has 1 N–H and O–H groups in total. The average Bonchev–Trinajstić information content (AvgIpc) is 3.05. The van der Waals surface area contributed by atoms with Crippen LogP contribution in [0.15, 0.2) is 35.7 Å². The lowest BCUT2D eigenvalue weighted by atomic mass is 10.1. The molecule has 2 rings (SSSR count). The summed E-state index contributed by atoms with van der Waals surface area (Å²) in [6, 6.07) is 10.4. The summed E-state index contributed by atoms with van der Waals surface area (Å²) in [5.41, 5.74) is 2.11. The van der Waals surface area contributed by atoms with Gasteiger partial charge >= 0.3 is 0 Å². The van der Waals surface area contributed by atoms with Crippen LogP contribution in [0.1, 0.15) is 43.7 Å². The monoisotopic (exact) mass is 380 g/mol. The van der Waals surface area contributed by atoms with Crippen LogP contribution >= 0.6 is 35.2 Å². The molecule has 24 heavy (non-hydrogen) atoms. The van der Waals surface area contributed by atoms with Crippen LogP contribution in [-0.4, -0.2) is 16.6 Å². The van der Waals surface area contributed by atoms with Gasteiger partial charge in [0.15, 0.2) is 5.11 Å². The van der Waals surface area contributed by atoms with E-state index in [1.807, 2.05) is 18.2 Å². The number of nitrogens with one attached hydrogen (secondary N) is 1. The highest BCUT2D eigenvalue weighted by atomic mass is 35.5. The van der Waals surface area contributed by atoms with Gasteiger partial charge in [-0.1, -0.05) is 37.6 Å². The minimum atomic E-state index is 0.253. The molecule has 0 amide bonds. The lowest BCUT2D eigenvalue weighted by Crippen LogP contribution is -2.38. The second kappa shape index (κ2) is 8.84. The first kappa shape index (κ1) is 19.2. The summed E-state index contributed by atoms with van der Waals surface area (Å²) in [5.74, 6) is 0.638. The molecule has 1 atom stereocenters. The maximum absolute atomic E-state index is 6.13. The number of hydrogen-bond acceptors (Lipinski definition) is 2. The Bertz CT molecular complexity index is 668. The van der Waals surface area contributed by atoms with Crippen LogP contribution in [0, 0.1) is 12.8 Å². The van der Waals surface area contributed by atoms with Gasteiger partial charge < -0.3 is 10.2 Å². The van der Waals surface area contributed by atoms with Gasteiger partial charge in [0, 0.05) is 22.1 Å². The molecule has 0 spiro atoms. The number of hydrogen-bond donors (Lipinski definition) is 1. The van der Waals surface area contributed by atoms with Crippen LogP contribution in [0.25, 0.3) is 0 Å². The first-order valence-electron chi connectivity index (χ1n) is 8.25. The molecular weight excluding hydrogens is 356 g/mol. The Hall–Kier alpha value is -1.10. The highest BCUT2D eigenvalue weighted by molar-refractivity contribution is 7.80. The summed E-state index contributed by atoms with van der Waals surface area (Å²) in [7, 11) is 0. The molecule has 0 saturated carbocycles. The zero-order valence-electron chi connectivity index (χ0n) is 14.7. The summed E-state index contributed by atoms with van der Waals surface area (Å²) in [6.07, 6.45) is 1.10. The molecule has 0 aliphatic carbocycles. The van der Waals surface area contributed by atoms with Gasteiger partial charge in [-0.25, -0.2) is 0 Å². The van der Waals surface area contributed by atoms with Gasteiger partial charge in [0.1, 0.15) is 0 Å². The van der Waals surface area contributed by atoms with Gasteiger partial charge in [-0.2, -0.15) is 0 Å². The van der Waals surface area contributed by atoms with Crippen LogP contribution < -0.4 is 5.32 Å². The molecule has 5 heteroatoms. The molecule has 1 aromatic carbocycles. The van der Waals surface area contributed by atoms with Crippen LogP contribution in [0.4, 0.5) is 5.69 Å². The third-order valence-corrected chi connectivity index (χ3v) is 5.69. The second-order valence-electron chi connectivity index (χ2n) is 6.46. The van der Waals surface area contributed by atoms with E-state index in [-0.39, 0.29) is 6.04 Å². The Kier molecular flexibility index (Phi) is 7.08. The predicted octanol–water partition coefficient (Wildman–Crippen LogP) is 6.52. The number of aryl methyl sites for hydroxylation is 1. The number of halogens is 1. The van der Waals surface area contributed by atoms with Gasteiger partial charge in [0.2, 0.25) is 0 Å². The van der Waals surface area contributed by atoms with Crippen molar-refractivity contribution in [3.8, 4) is 0 Å². The largest absolute Gasteiger partial charge is 0.341 e. The number of anilines is 1. The Morgan fingerprint density at radius 3 is 2.67 bits per heavy atom. The number of thiocarbonyl (C=S) groups is 1. The first-order valence-corrected chi connectivity index (χ1v) is 9.92. The van der Waals surface area contributed by atoms with E-state index in [1.165, 1.54) is 4.88 Å². The minimum Gasteiger partial charge on any atom is -0.341 e. The third-order valence-electron chi connectivity index (χ3n) is 4.07.